The zero-order valence-corrected chi connectivity index (χ0v) is 21.3. The summed E-state index contributed by atoms with van der Waals surface area (Å²) in [5.74, 6) is -0.689. The van der Waals surface area contributed by atoms with E-state index in [1.54, 1.807) is 36.4 Å². The van der Waals surface area contributed by atoms with Gasteiger partial charge in [0.15, 0.2) is 0 Å². The van der Waals surface area contributed by atoms with Gasteiger partial charge in [-0.3, -0.25) is 14.5 Å². The van der Waals surface area contributed by atoms with Gasteiger partial charge in [0, 0.05) is 43.1 Å². The first-order valence-corrected chi connectivity index (χ1v) is 12.5. The SMILES string of the molecule is CC(C)Oc1ccc(/C(O)=C2/C(=O)C(=O)N(c3ccc(N4CCN(C)CC4)cc3)C2c2ccco2)cc1. The van der Waals surface area contributed by atoms with E-state index in [-0.39, 0.29) is 17.4 Å². The molecule has 37 heavy (non-hydrogen) atoms. The van der Waals surface area contributed by atoms with Crippen LogP contribution >= 0.6 is 0 Å². The molecule has 2 fully saturated rings. The average Bonchev–Trinajstić information content (AvgIpc) is 3.51. The largest absolute Gasteiger partial charge is 0.507 e. The lowest BCUT2D eigenvalue weighted by Gasteiger charge is -2.34. The third kappa shape index (κ3) is 4.84. The summed E-state index contributed by atoms with van der Waals surface area (Å²) in [5, 5.41) is 11.2. The lowest BCUT2D eigenvalue weighted by molar-refractivity contribution is -0.132. The number of Topliss-reactive ketones (excluding diaryl/α,β-unsaturated/α-hetero) is 1. The number of likely N-dealkylation sites (N-methyl/N-ethyl adjacent to an activating group) is 1. The molecular formula is C29H31N3O5. The van der Waals surface area contributed by atoms with E-state index >= 15 is 0 Å². The van der Waals surface area contributed by atoms with E-state index in [0.717, 1.165) is 31.9 Å². The summed E-state index contributed by atoms with van der Waals surface area (Å²) in [6.45, 7) is 7.67. The van der Waals surface area contributed by atoms with Crippen molar-refractivity contribution in [3.63, 3.8) is 0 Å². The molecule has 8 heteroatoms. The van der Waals surface area contributed by atoms with Gasteiger partial charge in [0.25, 0.3) is 11.7 Å². The monoisotopic (exact) mass is 501 g/mol. The van der Waals surface area contributed by atoms with Crippen LogP contribution in [0.4, 0.5) is 11.4 Å². The fourth-order valence-corrected chi connectivity index (χ4v) is 4.82. The van der Waals surface area contributed by atoms with E-state index < -0.39 is 17.7 Å². The molecule has 192 valence electrons. The van der Waals surface area contributed by atoms with Crippen molar-refractivity contribution in [1.29, 1.82) is 0 Å². The van der Waals surface area contributed by atoms with Crippen molar-refractivity contribution in [3.05, 3.63) is 83.8 Å². The number of nitrogens with zero attached hydrogens (tertiary/aromatic N) is 3. The Labute approximate surface area is 216 Å². The Balaban J connectivity index is 1.50. The van der Waals surface area contributed by atoms with Gasteiger partial charge in [0.05, 0.1) is 17.9 Å². The topological polar surface area (TPSA) is 86.5 Å². The number of ketones is 1. The zero-order chi connectivity index (χ0) is 26.1. The van der Waals surface area contributed by atoms with Crippen molar-refractivity contribution < 1.29 is 23.8 Å². The first-order valence-electron chi connectivity index (χ1n) is 12.5. The molecule has 2 saturated heterocycles. The number of aliphatic hydroxyl groups excluding tert-OH is 1. The summed E-state index contributed by atoms with van der Waals surface area (Å²) >= 11 is 0. The Morgan fingerprint density at radius 3 is 2.19 bits per heavy atom. The molecule has 3 heterocycles. The normalized spacial score (nSPS) is 20.2. The van der Waals surface area contributed by atoms with Crippen LogP contribution in [-0.2, 0) is 9.59 Å². The highest BCUT2D eigenvalue weighted by molar-refractivity contribution is 6.51. The number of aliphatic hydroxyl groups is 1. The fraction of sp³-hybridized carbons (Fsp3) is 0.310. The summed E-state index contributed by atoms with van der Waals surface area (Å²) in [7, 11) is 2.11. The molecule has 5 rings (SSSR count). The van der Waals surface area contributed by atoms with Gasteiger partial charge < -0.3 is 24.1 Å². The van der Waals surface area contributed by atoms with Gasteiger partial charge in [-0.15, -0.1) is 0 Å². The average molecular weight is 502 g/mol. The minimum absolute atomic E-state index is 0.00589. The molecule has 8 nitrogen and oxygen atoms in total. The molecule has 0 aliphatic carbocycles. The van der Waals surface area contributed by atoms with E-state index in [1.165, 1.54) is 11.2 Å². The first kappa shape index (κ1) is 24.6. The molecular weight excluding hydrogens is 470 g/mol. The number of rotatable bonds is 6. The lowest BCUT2D eigenvalue weighted by atomic mass is 9.99. The number of carbonyl (C=O) groups is 2. The highest BCUT2D eigenvalue weighted by Gasteiger charge is 2.48. The van der Waals surface area contributed by atoms with Crippen molar-refractivity contribution in [1.82, 2.24) is 4.90 Å². The Morgan fingerprint density at radius 1 is 0.946 bits per heavy atom. The quantitative estimate of drug-likeness (QED) is 0.304. The van der Waals surface area contributed by atoms with Crippen LogP contribution in [-0.4, -0.2) is 61.0 Å². The van der Waals surface area contributed by atoms with Crippen molar-refractivity contribution >= 4 is 28.8 Å². The van der Waals surface area contributed by atoms with Crippen LogP contribution in [0.15, 0.2) is 76.9 Å². The van der Waals surface area contributed by atoms with Gasteiger partial charge in [-0.1, -0.05) is 0 Å². The summed E-state index contributed by atoms with van der Waals surface area (Å²) in [6.07, 6.45) is 1.50. The minimum atomic E-state index is -0.893. The van der Waals surface area contributed by atoms with Crippen molar-refractivity contribution in [3.8, 4) is 5.75 Å². The molecule has 0 radical (unpaired) electrons. The predicted octanol–water partition coefficient (Wildman–Crippen LogP) is 4.44. The second kappa shape index (κ2) is 10.1. The van der Waals surface area contributed by atoms with E-state index in [0.29, 0.717) is 22.8 Å². The van der Waals surface area contributed by atoms with Crippen LogP contribution in [0.25, 0.3) is 5.76 Å². The number of ether oxygens (including phenoxy) is 1. The maximum Gasteiger partial charge on any atom is 0.300 e. The molecule has 0 saturated carbocycles. The van der Waals surface area contributed by atoms with Crippen LogP contribution in [0.3, 0.4) is 0 Å². The number of hydrogen-bond acceptors (Lipinski definition) is 7. The number of hydrogen-bond donors (Lipinski definition) is 1. The molecule has 1 unspecified atom stereocenters. The second-order valence-corrected chi connectivity index (χ2v) is 9.68. The summed E-state index contributed by atoms with van der Waals surface area (Å²) in [4.78, 5) is 32.6. The van der Waals surface area contributed by atoms with Crippen LogP contribution < -0.4 is 14.5 Å². The Bertz CT molecular complexity index is 1290. The molecule has 3 aromatic rings. The Kier molecular flexibility index (Phi) is 6.76. The van der Waals surface area contributed by atoms with Crippen molar-refractivity contribution in [2.24, 2.45) is 0 Å². The summed E-state index contributed by atoms with van der Waals surface area (Å²) in [6, 6.07) is 16.9. The molecule has 2 aromatic carbocycles. The number of anilines is 2. The zero-order valence-electron chi connectivity index (χ0n) is 21.3. The Morgan fingerprint density at radius 2 is 1.59 bits per heavy atom. The number of piperazine rings is 1. The first-order chi connectivity index (χ1) is 17.8. The van der Waals surface area contributed by atoms with E-state index in [1.807, 2.05) is 38.1 Å². The van der Waals surface area contributed by atoms with Crippen molar-refractivity contribution in [2.45, 2.75) is 26.0 Å². The molecule has 2 aliphatic rings. The van der Waals surface area contributed by atoms with Gasteiger partial charge in [-0.25, -0.2) is 0 Å². The van der Waals surface area contributed by atoms with Crippen LogP contribution in [0.5, 0.6) is 5.75 Å². The molecule has 2 aliphatic heterocycles. The molecule has 0 bridgehead atoms. The second-order valence-electron chi connectivity index (χ2n) is 9.68. The van der Waals surface area contributed by atoms with Crippen molar-refractivity contribution in [2.75, 3.05) is 43.0 Å². The van der Waals surface area contributed by atoms with Crippen LogP contribution in [0, 0.1) is 0 Å². The van der Waals surface area contributed by atoms with Gasteiger partial charge in [0.2, 0.25) is 0 Å². The summed E-state index contributed by atoms with van der Waals surface area (Å²) < 4.78 is 11.3. The highest BCUT2D eigenvalue weighted by Crippen LogP contribution is 2.42. The highest BCUT2D eigenvalue weighted by atomic mass is 16.5. The number of furan rings is 1. The molecule has 0 spiro atoms. The molecule has 1 amide bonds. The van der Waals surface area contributed by atoms with E-state index in [2.05, 4.69) is 16.8 Å². The molecule has 1 aromatic heterocycles. The fourth-order valence-electron chi connectivity index (χ4n) is 4.82. The third-order valence-corrected chi connectivity index (χ3v) is 6.75. The Hall–Kier alpha value is -4.04. The van der Waals surface area contributed by atoms with Gasteiger partial charge >= 0.3 is 0 Å². The third-order valence-electron chi connectivity index (χ3n) is 6.75. The number of carbonyl (C=O) groups excluding carboxylic acids is 2. The maximum atomic E-state index is 13.3. The van der Waals surface area contributed by atoms with Gasteiger partial charge in [-0.2, -0.15) is 0 Å². The molecule has 1 atom stereocenters. The lowest BCUT2D eigenvalue weighted by Crippen LogP contribution is -2.44. The summed E-state index contributed by atoms with van der Waals surface area (Å²) in [5.41, 5.74) is 2.02. The maximum absolute atomic E-state index is 13.3. The van der Waals surface area contributed by atoms with E-state index in [9.17, 15) is 14.7 Å². The number of amides is 1. The standard InChI is InChI=1S/C29H31N3O5/c1-19(2)37-23-12-6-20(7-13-23)27(33)25-26(24-5-4-18-36-24)32(29(35)28(25)34)22-10-8-21(9-11-22)31-16-14-30(3)15-17-31/h4-13,18-19,26,33H,14-17H2,1-3H3/b27-25-. The predicted molar refractivity (Wildman–Crippen MR) is 142 cm³/mol. The smallest absolute Gasteiger partial charge is 0.300 e. The number of benzene rings is 2. The van der Waals surface area contributed by atoms with E-state index in [4.69, 9.17) is 9.15 Å². The minimum Gasteiger partial charge on any atom is -0.507 e. The molecule has 1 N–H and O–H groups in total. The van der Waals surface area contributed by atoms with Gasteiger partial charge in [0.1, 0.15) is 23.3 Å². The van der Waals surface area contributed by atoms with Crippen LogP contribution in [0.2, 0.25) is 0 Å². The van der Waals surface area contributed by atoms with Crippen LogP contribution in [0.1, 0.15) is 31.2 Å². The van der Waals surface area contributed by atoms with Gasteiger partial charge in [-0.05, 0) is 81.6 Å².